The van der Waals surface area contributed by atoms with Crippen LogP contribution in [0.4, 0.5) is 5.69 Å². The number of pyridine rings is 1. The van der Waals surface area contributed by atoms with Gasteiger partial charge in [-0.15, -0.1) is 0 Å². The summed E-state index contributed by atoms with van der Waals surface area (Å²) in [6.45, 7) is 2.20. The fourth-order valence-electron chi connectivity index (χ4n) is 3.40. The second kappa shape index (κ2) is 6.54. The molecule has 6 nitrogen and oxygen atoms in total. The summed E-state index contributed by atoms with van der Waals surface area (Å²) >= 11 is 0. The highest BCUT2D eigenvalue weighted by Crippen LogP contribution is 2.38. The number of nitrogens with zero attached hydrogens (tertiary/aromatic N) is 3. The van der Waals surface area contributed by atoms with Crippen molar-refractivity contribution < 1.29 is 9.53 Å². The van der Waals surface area contributed by atoms with Gasteiger partial charge in [0.2, 0.25) is 0 Å². The Balaban J connectivity index is 1.50. The van der Waals surface area contributed by atoms with Gasteiger partial charge < -0.3 is 15.0 Å². The molecule has 3 aliphatic rings. The highest BCUT2D eigenvalue weighted by atomic mass is 16.5. The van der Waals surface area contributed by atoms with Crippen LogP contribution in [-0.2, 0) is 0 Å². The third-order valence-corrected chi connectivity index (χ3v) is 5.04. The van der Waals surface area contributed by atoms with Gasteiger partial charge >= 0.3 is 0 Å². The van der Waals surface area contributed by atoms with Gasteiger partial charge in [-0.1, -0.05) is 6.07 Å². The minimum Gasteiger partial charge on any atom is -0.491 e. The first-order valence-electron chi connectivity index (χ1n) is 9.31. The van der Waals surface area contributed by atoms with Crippen LogP contribution in [0.15, 0.2) is 59.6 Å². The molecule has 136 valence electrons. The number of fused-ring (bicyclic) bond motifs is 3. The van der Waals surface area contributed by atoms with Crippen molar-refractivity contribution in [2.45, 2.75) is 12.8 Å². The van der Waals surface area contributed by atoms with Crippen LogP contribution < -0.4 is 10.1 Å². The highest BCUT2D eigenvalue weighted by molar-refractivity contribution is 6.11. The summed E-state index contributed by atoms with van der Waals surface area (Å²) in [4.78, 5) is 23.4. The summed E-state index contributed by atoms with van der Waals surface area (Å²) in [5.41, 5.74) is 2.47. The molecular formula is C21H20N4O2. The van der Waals surface area contributed by atoms with E-state index in [0.29, 0.717) is 18.0 Å². The lowest BCUT2D eigenvalue weighted by Crippen LogP contribution is -2.36. The number of amidine groups is 1. The van der Waals surface area contributed by atoms with Crippen LogP contribution in [0.2, 0.25) is 0 Å². The summed E-state index contributed by atoms with van der Waals surface area (Å²) in [5, 5.41) is 3.42. The summed E-state index contributed by atoms with van der Waals surface area (Å²) in [6, 6.07) is 9.55. The molecule has 5 rings (SSSR count). The first-order valence-corrected chi connectivity index (χ1v) is 9.31. The Morgan fingerprint density at radius 3 is 3.04 bits per heavy atom. The Kier molecular flexibility index (Phi) is 3.89. The number of rotatable bonds is 5. The lowest BCUT2D eigenvalue weighted by Gasteiger charge is -2.32. The molecule has 0 unspecified atom stereocenters. The molecule has 1 aliphatic carbocycles. The fourth-order valence-corrected chi connectivity index (χ4v) is 3.40. The number of hydrogen-bond acceptors (Lipinski definition) is 6. The molecule has 2 aromatic rings. The van der Waals surface area contributed by atoms with E-state index in [0.717, 1.165) is 41.8 Å². The third-order valence-electron chi connectivity index (χ3n) is 5.04. The SMILES string of the molecule is O=C(/C=C1\Nc2c(OCC3CC3)cccc2C2=NCCN21)c1cccnc1. The number of hydrogen-bond donors (Lipinski definition) is 1. The van der Waals surface area contributed by atoms with Crippen LogP contribution in [0.25, 0.3) is 0 Å². The van der Waals surface area contributed by atoms with Crippen molar-refractivity contribution in [3.63, 3.8) is 0 Å². The van der Waals surface area contributed by atoms with E-state index in [1.165, 1.54) is 12.8 Å². The Bertz CT molecular complexity index is 948. The van der Waals surface area contributed by atoms with Gasteiger partial charge in [-0.25, -0.2) is 0 Å². The van der Waals surface area contributed by atoms with E-state index in [1.54, 1.807) is 30.6 Å². The summed E-state index contributed by atoms with van der Waals surface area (Å²) in [5.74, 6) is 3.03. The molecule has 6 heteroatoms. The molecule has 2 aliphatic heterocycles. The van der Waals surface area contributed by atoms with E-state index in [9.17, 15) is 4.79 Å². The van der Waals surface area contributed by atoms with Gasteiger partial charge in [-0.05, 0) is 43.0 Å². The number of allylic oxidation sites excluding steroid dienone is 1. The summed E-state index contributed by atoms with van der Waals surface area (Å²) < 4.78 is 6.06. The van der Waals surface area contributed by atoms with Crippen molar-refractivity contribution in [1.29, 1.82) is 0 Å². The number of carbonyl (C=O) groups is 1. The predicted molar refractivity (Wildman–Crippen MR) is 103 cm³/mol. The molecule has 1 aromatic carbocycles. The van der Waals surface area contributed by atoms with Crippen molar-refractivity contribution in [2.75, 3.05) is 25.0 Å². The van der Waals surface area contributed by atoms with Crippen molar-refractivity contribution in [3.05, 3.63) is 65.7 Å². The number of aromatic nitrogens is 1. The Morgan fingerprint density at radius 1 is 1.30 bits per heavy atom. The van der Waals surface area contributed by atoms with Crippen LogP contribution in [0.1, 0.15) is 28.8 Å². The number of carbonyl (C=O) groups excluding carboxylic acids is 1. The molecular weight excluding hydrogens is 340 g/mol. The summed E-state index contributed by atoms with van der Waals surface area (Å²) in [6.07, 6.45) is 7.35. The monoisotopic (exact) mass is 360 g/mol. The lowest BCUT2D eigenvalue weighted by molar-refractivity contribution is 0.104. The number of benzene rings is 1. The zero-order valence-electron chi connectivity index (χ0n) is 14.9. The average molecular weight is 360 g/mol. The van der Waals surface area contributed by atoms with Crippen LogP contribution in [0.3, 0.4) is 0 Å². The first-order chi connectivity index (χ1) is 13.3. The molecule has 1 fully saturated rings. The lowest BCUT2D eigenvalue weighted by atomic mass is 10.1. The Hall–Kier alpha value is -3.15. The van der Waals surface area contributed by atoms with Gasteiger partial charge in [0.15, 0.2) is 5.78 Å². The minimum atomic E-state index is -0.0864. The average Bonchev–Trinajstić information content (AvgIpc) is 3.40. The van der Waals surface area contributed by atoms with Gasteiger partial charge in [-0.2, -0.15) is 0 Å². The zero-order chi connectivity index (χ0) is 18.2. The normalized spacial score (nSPS) is 19.2. The van der Waals surface area contributed by atoms with Gasteiger partial charge in [0.25, 0.3) is 0 Å². The number of ether oxygens (including phenoxy) is 1. The molecule has 0 saturated heterocycles. The molecule has 3 heterocycles. The van der Waals surface area contributed by atoms with Crippen LogP contribution in [0, 0.1) is 5.92 Å². The largest absolute Gasteiger partial charge is 0.491 e. The van der Waals surface area contributed by atoms with Gasteiger partial charge in [0.05, 0.1) is 18.8 Å². The van der Waals surface area contributed by atoms with Crippen LogP contribution >= 0.6 is 0 Å². The number of aliphatic imine (C=N–C) groups is 1. The van der Waals surface area contributed by atoms with Crippen LogP contribution in [0.5, 0.6) is 5.75 Å². The quantitative estimate of drug-likeness (QED) is 0.656. The Labute approximate surface area is 157 Å². The molecule has 0 amide bonds. The third kappa shape index (κ3) is 3.07. The molecule has 0 atom stereocenters. The molecule has 0 spiro atoms. The van der Waals surface area contributed by atoms with Crippen LogP contribution in [-0.4, -0.2) is 41.2 Å². The number of para-hydroxylation sites is 1. The molecule has 0 bridgehead atoms. The van der Waals surface area contributed by atoms with Gasteiger partial charge in [-0.3, -0.25) is 14.8 Å². The molecule has 1 aromatic heterocycles. The van der Waals surface area contributed by atoms with Crippen molar-refractivity contribution in [1.82, 2.24) is 9.88 Å². The maximum absolute atomic E-state index is 12.7. The molecule has 1 N–H and O–H groups in total. The van der Waals surface area contributed by atoms with E-state index < -0.39 is 0 Å². The van der Waals surface area contributed by atoms with Crippen molar-refractivity contribution >= 4 is 17.3 Å². The van der Waals surface area contributed by atoms with Gasteiger partial charge in [0, 0.05) is 36.1 Å². The predicted octanol–water partition coefficient (Wildman–Crippen LogP) is 3.08. The second-order valence-corrected chi connectivity index (χ2v) is 7.05. The molecule has 27 heavy (non-hydrogen) atoms. The minimum absolute atomic E-state index is 0.0864. The zero-order valence-corrected chi connectivity index (χ0v) is 14.9. The van der Waals surface area contributed by atoms with Gasteiger partial charge in [0.1, 0.15) is 17.4 Å². The molecule has 1 saturated carbocycles. The topological polar surface area (TPSA) is 66.8 Å². The summed E-state index contributed by atoms with van der Waals surface area (Å²) in [7, 11) is 0. The maximum Gasteiger partial charge on any atom is 0.191 e. The van der Waals surface area contributed by atoms with Crippen molar-refractivity contribution in [2.24, 2.45) is 10.9 Å². The number of anilines is 1. The van der Waals surface area contributed by atoms with E-state index >= 15 is 0 Å². The van der Waals surface area contributed by atoms with E-state index in [1.807, 2.05) is 18.2 Å². The standard InChI is InChI=1S/C21H20N4O2/c26-17(15-3-2-8-22-12-15)11-19-24-20-16(21-23-9-10-25(19)21)4-1-5-18(20)27-13-14-6-7-14/h1-5,8,11-12,14,24H,6-7,9-10,13H2/b19-11+. The molecule has 0 radical (unpaired) electrons. The second-order valence-electron chi connectivity index (χ2n) is 7.05. The highest BCUT2D eigenvalue weighted by Gasteiger charge is 2.32. The van der Waals surface area contributed by atoms with E-state index in [2.05, 4.69) is 20.2 Å². The number of nitrogens with one attached hydrogen (secondary N) is 1. The Morgan fingerprint density at radius 2 is 2.22 bits per heavy atom. The van der Waals surface area contributed by atoms with E-state index in [-0.39, 0.29) is 5.78 Å². The van der Waals surface area contributed by atoms with Crippen molar-refractivity contribution in [3.8, 4) is 5.75 Å². The number of ketones is 1. The smallest absolute Gasteiger partial charge is 0.191 e. The first kappa shape index (κ1) is 16.1. The fraction of sp³-hybridized carbons (Fsp3) is 0.286. The van der Waals surface area contributed by atoms with E-state index in [4.69, 9.17) is 4.74 Å². The maximum atomic E-state index is 12.7.